The zero-order valence-electron chi connectivity index (χ0n) is 53.0. The van der Waals surface area contributed by atoms with Crippen molar-refractivity contribution in [1.29, 1.82) is 0 Å². The molecule has 0 unspecified atom stereocenters. The van der Waals surface area contributed by atoms with Crippen LogP contribution in [0.15, 0.2) is 388 Å². The molecular formula is C96H64. The lowest BCUT2D eigenvalue weighted by Gasteiger charge is -2.22. The van der Waals surface area contributed by atoms with Gasteiger partial charge >= 0.3 is 0 Å². The highest BCUT2D eigenvalue weighted by molar-refractivity contribution is 6.26. The van der Waals surface area contributed by atoms with Crippen LogP contribution in [0.5, 0.6) is 0 Å². The van der Waals surface area contributed by atoms with Gasteiger partial charge in [-0.2, -0.15) is 0 Å². The molecule has 0 aliphatic carbocycles. The Morgan fingerprint density at radius 1 is 0.104 bits per heavy atom. The summed E-state index contributed by atoms with van der Waals surface area (Å²) >= 11 is 0. The van der Waals surface area contributed by atoms with Gasteiger partial charge in [0.15, 0.2) is 0 Å². The molecule has 0 N–H and O–H groups in total. The van der Waals surface area contributed by atoms with Gasteiger partial charge in [-0.15, -0.1) is 0 Å². The smallest absolute Gasteiger partial charge is 0.00199 e. The lowest BCUT2D eigenvalue weighted by Crippen LogP contribution is -1.95. The summed E-state index contributed by atoms with van der Waals surface area (Å²) in [5.74, 6) is 0. The Morgan fingerprint density at radius 3 is 0.719 bits per heavy atom. The fraction of sp³-hybridized carbons (Fsp3) is 0. The highest BCUT2D eigenvalue weighted by Gasteiger charge is 2.23. The van der Waals surface area contributed by atoms with E-state index in [2.05, 4.69) is 388 Å². The summed E-state index contributed by atoms with van der Waals surface area (Å²) < 4.78 is 0. The van der Waals surface area contributed by atoms with Crippen molar-refractivity contribution < 1.29 is 0 Å². The number of rotatable bonds is 10. The first kappa shape index (κ1) is 57.4. The van der Waals surface area contributed by atoms with Crippen molar-refractivity contribution in [2.45, 2.75) is 0 Å². The molecule has 0 heterocycles. The Kier molecular flexibility index (Phi) is 15.1. The Labute approximate surface area is 560 Å². The Bertz CT molecular complexity index is 5700. The monoisotopic (exact) mass is 1220 g/mol. The summed E-state index contributed by atoms with van der Waals surface area (Å²) in [6.07, 6.45) is 0. The minimum absolute atomic E-state index is 1.20. The van der Waals surface area contributed by atoms with E-state index in [-0.39, 0.29) is 0 Å². The third kappa shape index (κ3) is 10.8. The molecule has 448 valence electrons. The van der Waals surface area contributed by atoms with E-state index < -0.39 is 0 Å². The Morgan fingerprint density at radius 2 is 0.333 bits per heavy atom. The summed E-state index contributed by atoms with van der Waals surface area (Å²) in [7, 11) is 0. The number of fused-ring (bicyclic) bond motifs is 6. The molecule has 18 aromatic carbocycles. The predicted molar refractivity (Wildman–Crippen MR) is 412 cm³/mol. The molecule has 0 atom stereocenters. The minimum atomic E-state index is 1.20. The van der Waals surface area contributed by atoms with Gasteiger partial charge in [-0.05, 0) is 212 Å². The molecule has 0 amide bonds. The summed E-state index contributed by atoms with van der Waals surface area (Å²) in [4.78, 5) is 0. The van der Waals surface area contributed by atoms with Gasteiger partial charge in [-0.3, -0.25) is 0 Å². The van der Waals surface area contributed by atoms with Gasteiger partial charge < -0.3 is 0 Å². The molecule has 96 heavy (non-hydrogen) atoms. The van der Waals surface area contributed by atoms with Crippen LogP contribution in [0.1, 0.15) is 0 Å². The van der Waals surface area contributed by atoms with E-state index in [0.717, 1.165) is 0 Å². The molecule has 18 aromatic rings. The van der Waals surface area contributed by atoms with Crippen molar-refractivity contribution in [3.8, 4) is 111 Å². The Hall–Kier alpha value is -12.5. The second-order valence-corrected chi connectivity index (χ2v) is 25.0. The lowest BCUT2D eigenvalue weighted by molar-refractivity contribution is 1.57. The largest absolute Gasteiger partial charge is 0.0622 e. The average molecular weight is 1220 g/mol. The van der Waals surface area contributed by atoms with E-state index in [1.54, 1.807) is 0 Å². The molecule has 0 aliphatic rings. The number of hydrogen-bond acceptors (Lipinski definition) is 0. The zero-order valence-corrected chi connectivity index (χ0v) is 53.0. The first-order chi connectivity index (χ1) is 47.6. The molecule has 0 radical (unpaired) electrons. The van der Waals surface area contributed by atoms with E-state index in [1.807, 2.05) is 0 Å². The third-order valence-corrected chi connectivity index (χ3v) is 19.3. The molecule has 0 spiro atoms. The second kappa shape index (κ2) is 25.2. The van der Waals surface area contributed by atoms with E-state index in [0.29, 0.717) is 0 Å². The molecule has 0 heteroatoms. The van der Waals surface area contributed by atoms with Gasteiger partial charge in [0.05, 0.1) is 0 Å². The van der Waals surface area contributed by atoms with E-state index in [1.165, 1.54) is 176 Å². The van der Waals surface area contributed by atoms with Crippen molar-refractivity contribution in [3.05, 3.63) is 388 Å². The lowest BCUT2D eigenvalue weighted by atomic mass is 9.81. The molecule has 0 fully saturated rings. The topological polar surface area (TPSA) is 0 Å². The maximum Gasteiger partial charge on any atom is -0.00199 e. The molecule has 0 bridgehead atoms. The van der Waals surface area contributed by atoms with Crippen LogP contribution in [0.25, 0.3) is 176 Å². The average Bonchev–Trinajstić information content (AvgIpc) is 0.729. The molecule has 0 aliphatic heterocycles. The SMILES string of the molecule is c1ccc(-c2ccc(-c3c4ccccc4c(-c4ccc(-c5ccccc5)c(-c5ccccc5)c4)c4cc5ccccc5cc34)c(-c3ccccc3)c2)cc1.c1ccc(-c2ccc(-c3c4ccccc4c(-c4ccc(-c5ccccc5)cc4)c4cc5ccccc5cc34)cc2)cc1. The van der Waals surface area contributed by atoms with Crippen LogP contribution in [0, 0.1) is 0 Å². The van der Waals surface area contributed by atoms with Gasteiger partial charge in [0.1, 0.15) is 0 Å². The van der Waals surface area contributed by atoms with Gasteiger partial charge in [-0.25, -0.2) is 0 Å². The highest BCUT2D eigenvalue weighted by Crippen LogP contribution is 2.50. The predicted octanol–water partition coefficient (Wildman–Crippen LogP) is 27.0. The van der Waals surface area contributed by atoms with E-state index in [4.69, 9.17) is 0 Å². The van der Waals surface area contributed by atoms with Crippen molar-refractivity contribution in [1.82, 2.24) is 0 Å². The van der Waals surface area contributed by atoms with Gasteiger partial charge in [-0.1, -0.05) is 352 Å². The first-order valence-electron chi connectivity index (χ1n) is 33.2. The third-order valence-electron chi connectivity index (χ3n) is 19.3. The van der Waals surface area contributed by atoms with Gasteiger partial charge in [0.2, 0.25) is 0 Å². The van der Waals surface area contributed by atoms with Crippen LogP contribution in [-0.4, -0.2) is 0 Å². The summed E-state index contributed by atoms with van der Waals surface area (Å²) in [6.45, 7) is 0. The fourth-order valence-electron chi connectivity index (χ4n) is 14.7. The van der Waals surface area contributed by atoms with E-state index >= 15 is 0 Å². The summed E-state index contributed by atoms with van der Waals surface area (Å²) in [5, 5.41) is 15.1. The normalized spacial score (nSPS) is 11.3. The van der Waals surface area contributed by atoms with Crippen molar-refractivity contribution >= 4 is 64.6 Å². The van der Waals surface area contributed by atoms with Gasteiger partial charge in [0, 0.05) is 0 Å². The number of benzene rings is 18. The molecule has 0 aromatic heterocycles. The van der Waals surface area contributed by atoms with Crippen LogP contribution >= 0.6 is 0 Å². The number of hydrogen-bond donors (Lipinski definition) is 0. The molecule has 0 saturated heterocycles. The van der Waals surface area contributed by atoms with Crippen molar-refractivity contribution in [3.63, 3.8) is 0 Å². The summed E-state index contributed by atoms with van der Waals surface area (Å²) in [5.41, 5.74) is 24.7. The van der Waals surface area contributed by atoms with E-state index in [9.17, 15) is 0 Å². The van der Waals surface area contributed by atoms with Crippen LogP contribution in [0.2, 0.25) is 0 Å². The maximum atomic E-state index is 2.42. The molecule has 0 nitrogen and oxygen atoms in total. The maximum absolute atomic E-state index is 2.42. The standard InChI is InChI=1S/C54H36.C42H28/c1-5-17-37(18-6-1)43-29-32-48(50(33-43)40-23-11-4-12-24-40)54-47-28-16-15-27-46(47)53(51-34-41-25-13-14-26-42(41)35-52(51)54)44-30-31-45(38-19-7-2-8-20-38)49(36-44)39-21-9-3-10-22-39;1-3-11-29(12-4-1)31-19-23-33(24-20-31)41-37-17-9-10-18-38(37)42(40-28-36-16-8-7-15-35(36)27-39(40)41)34-25-21-32(22-26-34)30-13-5-2-6-14-30/h1-36H;1-28H. The molecular weight excluding hydrogens is 1150 g/mol. The summed E-state index contributed by atoms with van der Waals surface area (Å²) in [6, 6.07) is 142. The van der Waals surface area contributed by atoms with Crippen LogP contribution in [-0.2, 0) is 0 Å². The zero-order chi connectivity index (χ0) is 63.7. The van der Waals surface area contributed by atoms with Crippen LogP contribution in [0.4, 0.5) is 0 Å². The first-order valence-corrected chi connectivity index (χ1v) is 33.2. The highest BCUT2D eigenvalue weighted by atomic mass is 14.3. The van der Waals surface area contributed by atoms with Gasteiger partial charge in [0.25, 0.3) is 0 Å². The van der Waals surface area contributed by atoms with Crippen LogP contribution in [0.3, 0.4) is 0 Å². The van der Waals surface area contributed by atoms with Crippen LogP contribution < -0.4 is 0 Å². The van der Waals surface area contributed by atoms with Crippen molar-refractivity contribution in [2.75, 3.05) is 0 Å². The minimum Gasteiger partial charge on any atom is -0.0622 e. The molecule has 18 rings (SSSR count). The quantitative estimate of drug-likeness (QED) is 0.120. The molecule has 0 saturated carbocycles. The Balaban J connectivity index is 0.000000150. The second-order valence-electron chi connectivity index (χ2n) is 25.0. The fourth-order valence-corrected chi connectivity index (χ4v) is 14.7. The van der Waals surface area contributed by atoms with Crippen molar-refractivity contribution in [2.24, 2.45) is 0 Å².